The Bertz CT molecular complexity index is 566. The smallest absolute Gasteiger partial charge is 0.238 e. The Kier molecular flexibility index (Phi) is 4.28. The third-order valence-electron chi connectivity index (χ3n) is 3.50. The fraction of sp³-hybridized carbons (Fsp3) is 0.375. The molecule has 1 heterocycles. The highest BCUT2D eigenvalue weighted by Crippen LogP contribution is 2.26. The summed E-state index contributed by atoms with van der Waals surface area (Å²) >= 11 is 0. The van der Waals surface area contributed by atoms with Crippen molar-refractivity contribution in [2.75, 3.05) is 0 Å². The van der Waals surface area contributed by atoms with Crippen LogP contribution in [0.2, 0.25) is 0 Å². The lowest BCUT2D eigenvalue weighted by Crippen LogP contribution is -2.19. The van der Waals surface area contributed by atoms with Crippen molar-refractivity contribution in [2.45, 2.75) is 38.2 Å². The maximum Gasteiger partial charge on any atom is 0.238 e. The summed E-state index contributed by atoms with van der Waals surface area (Å²) in [4.78, 5) is 7.29. The van der Waals surface area contributed by atoms with Crippen LogP contribution in [0.5, 0.6) is 17.4 Å². The van der Waals surface area contributed by atoms with Crippen molar-refractivity contribution < 1.29 is 13.9 Å². The highest BCUT2D eigenvalue weighted by atomic mass is 19.1. The zero-order valence-electron chi connectivity index (χ0n) is 11.7. The molecule has 0 N–H and O–H groups in total. The lowest BCUT2D eigenvalue weighted by molar-refractivity contribution is 0.155. The Morgan fingerprint density at radius 1 is 0.905 bits per heavy atom. The summed E-state index contributed by atoms with van der Waals surface area (Å²) in [5.74, 6) is 1.10. The maximum absolute atomic E-state index is 12.7. The van der Waals surface area contributed by atoms with E-state index in [1.165, 1.54) is 25.5 Å². The Balaban J connectivity index is 1.59. The third kappa shape index (κ3) is 3.90. The van der Waals surface area contributed by atoms with Crippen LogP contribution in [0, 0.1) is 5.95 Å². The first-order chi connectivity index (χ1) is 10.3. The van der Waals surface area contributed by atoms with Crippen LogP contribution in [0.15, 0.2) is 36.7 Å². The number of nitrogens with zero attached hydrogens (tertiary/aromatic N) is 2. The van der Waals surface area contributed by atoms with Crippen molar-refractivity contribution in [1.82, 2.24) is 9.97 Å². The molecule has 1 aliphatic carbocycles. The molecule has 3 rings (SSSR count). The SMILES string of the molecule is Fc1cnc(Oc2ccc(OC3CCCCC3)cc2)cn1. The molecule has 2 aromatic rings. The Labute approximate surface area is 123 Å². The minimum atomic E-state index is -0.626. The van der Waals surface area contributed by atoms with E-state index in [0.717, 1.165) is 24.8 Å². The lowest BCUT2D eigenvalue weighted by atomic mass is 9.98. The molecule has 0 atom stereocenters. The molecule has 1 fully saturated rings. The van der Waals surface area contributed by atoms with Gasteiger partial charge in [0.1, 0.15) is 11.5 Å². The van der Waals surface area contributed by atoms with Gasteiger partial charge in [-0.1, -0.05) is 6.42 Å². The Morgan fingerprint density at radius 2 is 1.62 bits per heavy atom. The quantitative estimate of drug-likeness (QED) is 0.849. The zero-order valence-corrected chi connectivity index (χ0v) is 11.7. The van der Waals surface area contributed by atoms with Crippen molar-refractivity contribution in [3.8, 4) is 17.4 Å². The summed E-state index contributed by atoms with van der Waals surface area (Å²) in [6.07, 6.45) is 8.66. The van der Waals surface area contributed by atoms with Crippen molar-refractivity contribution in [2.24, 2.45) is 0 Å². The summed E-state index contributed by atoms with van der Waals surface area (Å²) in [7, 11) is 0. The molecule has 1 saturated carbocycles. The van der Waals surface area contributed by atoms with E-state index in [4.69, 9.17) is 9.47 Å². The molecule has 0 saturated heterocycles. The van der Waals surface area contributed by atoms with Gasteiger partial charge in [-0.3, -0.25) is 0 Å². The van der Waals surface area contributed by atoms with Gasteiger partial charge in [0.15, 0.2) is 0 Å². The van der Waals surface area contributed by atoms with E-state index in [9.17, 15) is 4.39 Å². The molecule has 4 nitrogen and oxygen atoms in total. The standard InChI is InChI=1S/C16H17FN2O2/c17-15-10-19-16(11-18-15)21-14-8-6-13(7-9-14)20-12-4-2-1-3-5-12/h6-12H,1-5H2. The van der Waals surface area contributed by atoms with Gasteiger partial charge in [-0.05, 0) is 49.9 Å². The van der Waals surface area contributed by atoms with Gasteiger partial charge in [0, 0.05) is 0 Å². The number of rotatable bonds is 4. The monoisotopic (exact) mass is 288 g/mol. The van der Waals surface area contributed by atoms with E-state index in [1.807, 2.05) is 24.3 Å². The van der Waals surface area contributed by atoms with Gasteiger partial charge in [-0.25, -0.2) is 9.97 Å². The van der Waals surface area contributed by atoms with Crippen LogP contribution in [0.25, 0.3) is 0 Å². The first kappa shape index (κ1) is 13.8. The molecule has 0 aliphatic heterocycles. The molecular formula is C16H17FN2O2. The molecule has 0 amide bonds. The van der Waals surface area contributed by atoms with Gasteiger partial charge < -0.3 is 9.47 Å². The second-order valence-corrected chi connectivity index (χ2v) is 5.13. The molecule has 1 aromatic heterocycles. The van der Waals surface area contributed by atoms with Crippen LogP contribution in [-0.4, -0.2) is 16.1 Å². The average Bonchev–Trinajstić information content (AvgIpc) is 2.53. The molecule has 0 unspecified atom stereocenters. The molecule has 5 heteroatoms. The van der Waals surface area contributed by atoms with Crippen LogP contribution < -0.4 is 9.47 Å². The van der Waals surface area contributed by atoms with Gasteiger partial charge >= 0.3 is 0 Å². The fourth-order valence-electron chi connectivity index (χ4n) is 2.44. The molecule has 0 radical (unpaired) electrons. The molecule has 110 valence electrons. The summed E-state index contributed by atoms with van der Waals surface area (Å²) in [5.41, 5.74) is 0. The number of benzene rings is 1. The highest BCUT2D eigenvalue weighted by molar-refractivity contribution is 5.33. The normalized spacial score (nSPS) is 15.7. The van der Waals surface area contributed by atoms with Gasteiger partial charge in [0.2, 0.25) is 11.8 Å². The summed E-state index contributed by atoms with van der Waals surface area (Å²) in [6.45, 7) is 0. The van der Waals surface area contributed by atoms with Crippen LogP contribution in [0.3, 0.4) is 0 Å². The van der Waals surface area contributed by atoms with E-state index < -0.39 is 5.95 Å². The van der Waals surface area contributed by atoms with E-state index in [0.29, 0.717) is 11.9 Å². The number of halogens is 1. The van der Waals surface area contributed by atoms with Crippen LogP contribution in [0.1, 0.15) is 32.1 Å². The number of hydrogen-bond donors (Lipinski definition) is 0. The van der Waals surface area contributed by atoms with Crippen molar-refractivity contribution >= 4 is 0 Å². The minimum absolute atomic E-state index is 0.261. The minimum Gasteiger partial charge on any atom is -0.490 e. The second-order valence-electron chi connectivity index (χ2n) is 5.13. The molecule has 0 spiro atoms. The number of aromatic nitrogens is 2. The van der Waals surface area contributed by atoms with Gasteiger partial charge in [0.05, 0.1) is 18.5 Å². The highest BCUT2D eigenvalue weighted by Gasteiger charge is 2.14. The molecule has 0 bridgehead atoms. The maximum atomic E-state index is 12.7. The average molecular weight is 288 g/mol. The van der Waals surface area contributed by atoms with Crippen molar-refractivity contribution in [3.05, 3.63) is 42.6 Å². The van der Waals surface area contributed by atoms with Gasteiger partial charge in [-0.2, -0.15) is 4.39 Å². The third-order valence-corrected chi connectivity index (χ3v) is 3.50. The lowest BCUT2D eigenvalue weighted by Gasteiger charge is -2.23. The van der Waals surface area contributed by atoms with E-state index in [-0.39, 0.29) is 5.88 Å². The van der Waals surface area contributed by atoms with Crippen LogP contribution in [-0.2, 0) is 0 Å². The first-order valence-electron chi connectivity index (χ1n) is 7.22. The number of ether oxygens (including phenoxy) is 2. The summed E-state index contributed by atoms with van der Waals surface area (Å²) < 4.78 is 24.1. The fourth-order valence-corrected chi connectivity index (χ4v) is 2.44. The predicted octanol–water partition coefficient (Wildman–Crippen LogP) is 4.12. The van der Waals surface area contributed by atoms with Crippen LogP contribution in [0.4, 0.5) is 4.39 Å². The largest absolute Gasteiger partial charge is 0.490 e. The molecule has 1 aromatic carbocycles. The molecular weight excluding hydrogens is 271 g/mol. The summed E-state index contributed by atoms with van der Waals surface area (Å²) in [6, 6.07) is 7.37. The summed E-state index contributed by atoms with van der Waals surface area (Å²) in [5, 5.41) is 0. The van der Waals surface area contributed by atoms with Crippen LogP contribution >= 0.6 is 0 Å². The Hall–Kier alpha value is -2.17. The van der Waals surface area contributed by atoms with E-state index in [2.05, 4.69) is 9.97 Å². The van der Waals surface area contributed by atoms with E-state index >= 15 is 0 Å². The van der Waals surface area contributed by atoms with E-state index in [1.54, 1.807) is 0 Å². The van der Waals surface area contributed by atoms with Gasteiger partial charge in [-0.15, -0.1) is 0 Å². The topological polar surface area (TPSA) is 44.2 Å². The number of hydrogen-bond acceptors (Lipinski definition) is 4. The van der Waals surface area contributed by atoms with Crippen molar-refractivity contribution in [1.29, 1.82) is 0 Å². The predicted molar refractivity (Wildman–Crippen MR) is 76.0 cm³/mol. The Morgan fingerprint density at radius 3 is 2.29 bits per heavy atom. The molecule has 21 heavy (non-hydrogen) atoms. The second kappa shape index (κ2) is 6.52. The molecule has 1 aliphatic rings. The van der Waals surface area contributed by atoms with Gasteiger partial charge in [0.25, 0.3) is 0 Å². The zero-order chi connectivity index (χ0) is 14.5. The van der Waals surface area contributed by atoms with Crippen molar-refractivity contribution in [3.63, 3.8) is 0 Å². The first-order valence-corrected chi connectivity index (χ1v) is 7.22.